The van der Waals surface area contributed by atoms with Crippen molar-refractivity contribution < 1.29 is 13.2 Å². The van der Waals surface area contributed by atoms with E-state index < -0.39 is 11.7 Å². The summed E-state index contributed by atoms with van der Waals surface area (Å²) in [7, 11) is 0. The molecule has 2 N–H and O–H groups in total. The van der Waals surface area contributed by atoms with Gasteiger partial charge in [0.2, 0.25) is 0 Å². The lowest BCUT2D eigenvalue weighted by Crippen LogP contribution is -2.23. The van der Waals surface area contributed by atoms with E-state index >= 15 is 0 Å². The number of halogens is 3. The molecule has 4 rings (SSSR count). The molecule has 0 radical (unpaired) electrons. The smallest absolute Gasteiger partial charge is 0.398 e. The summed E-state index contributed by atoms with van der Waals surface area (Å²) in [5.74, 6) is 0. The van der Waals surface area contributed by atoms with Crippen LogP contribution in [-0.4, -0.2) is 29.1 Å². The van der Waals surface area contributed by atoms with Crippen molar-refractivity contribution in [1.29, 1.82) is 0 Å². The van der Waals surface area contributed by atoms with Gasteiger partial charge in [0, 0.05) is 35.9 Å². The second-order valence-corrected chi connectivity index (χ2v) is 7.10. The summed E-state index contributed by atoms with van der Waals surface area (Å²) in [6.45, 7) is 4.17. The average molecular weight is 373 g/mol. The molecule has 2 heterocycles. The summed E-state index contributed by atoms with van der Waals surface area (Å²) in [6, 6.07) is 11.9. The minimum atomic E-state index is -4.46. The van der Waals surface area contributed by atoms with Crippen molar-refractivity contribution in [3.05, 3.63) is 54.2 Å². The highest BCUT2D eigenvalue weighted by molar-refractivity contribution is 5.95. The predicted octanol–water partition coefficient (Wildman–Crippen LogP) is 5.01. The number of likely N-dealkylation sites (tertiary alicyclic amines) is 1. The molecule has 3 nitrogen and oxygen atoms in total. The normalized spacial score (nSPS) is 15.7. The van der Waals surface area contributed by atoms with Crippen LogP contribution in [0.3, 0.4) is 0 Å². The highest BCUT2D eigenvalue weighted by atomic mass is 19.4. The summed E-state index contributed by atoms with van der Waals surface area (Å²) in [4.78, 5) is 2.45. The minimum Gasteiger partial charge on any atom is -0.398 e. The Morgan fingerprint density at radius 3 is 2.48 bits per heavy atom. The molecule has 0 unspecified atom stereocenters. The topological polar surface area (TPSA) is 34.2 Å². The summed E-state index contributed by atoms with van der Waals surface area (Å²) in [5.41, 5.74) is 6.86. The fourth-order valence-corrected chi connectivity index (χ4v) is 3.89. The maximum Gasteiger partial charge on any atom is 0.418 e. The van der Waals surface area contributed by atoms with Gasteiger partial charge in [-0.05, 0) is 61.3 Å². The zero-order valence-electron chi connectivity index (χ0n) is 15.0. The van der Waals surface area contributed by atoms with Gasteiger partial charge >= 0.3 is 6.18 Å². The quantitative estimate of drug-likeness (QED) is 0.653. The lowest BCUT2D eigenvalue weighted by molar-refractivity contribution is -0.136. The van der Waals surface area contributed by atoms with Gasteiger partial charge < -0.3 is 15.2 Å². The van der Waals surface area contributed by atoms with Crippen molar-refractivity contribution in [2.45, 2.75) is 25.6 Å². The molecule has 1 fully saturated rings. The van der Waals surface area contributed by atoms with Gasteiger partial charge in [0.05, 0.1) is 5.56 Å². The van der Waals surface area contributed by atoms with Crippen LogP contribution in [-0.2, 0) is 12.7 Å². The van der Waals surface area contributed by atoms with Gasteiger partial charge in [0.15, 0.2) is 0 Å². The Bertz CT molecular complexity index is 953. The Morgan fingerprint density at radius 1 is 0.963 bits per heavy atom. The van der Waals surface area contributed by atoms with E-state index in [0.717, 1.165) is 48.7 Å². The number of nitrogens with zero attached hydrogens (tertiary/aromatic N) is 2. The van der Waals surface area contributed by atoms with Crippen molar-refractivity contribution in [3.8, 4) is 11.1 Å². The number of alkyl halides is 3. The van der Waals surface area contributed by atoms with Crippen molar-refractivity contribution in [1.82, 2.24) is 9.47 Å². The van der Waals surface area contributed by atoms with Crippen LogP contribution in [0.25, 0.3) is 22.0 Å². The molecule has 1 aliphatic rings. The average Bonchev–Trinajstić information content (AvgIpc) is 3.29. The van der Waals surface area contributed by atoms with E-state index in [4.69, 9.17) is 5.73 Å². The molecule has 0 bridgehead atoms. The predicted molar refractivity (Wildman–Crippen MR) is 102 cm³/mol. The number of anilines is 1. The highest BCUT2D eigenvalue weighted by Crippen LogP contribution is 2.38. The molecule has 3 aromatic rings. The Balaban J connectivity index is 1.69. The number of nitrogens with two attached hydrogens (primary N) is 1. The third kappa shape index (κ3) is 3.54. The Hall–Kier alpha value is -2.47. The first-order valence-corrected chi connectivity index (χ1v) is 9.21. The van der Waals surface area contributed by atoms with E-state index in [1.54, 1.807) is 6.07 Å². The number of aromatic nitrogens is 1. The van der Waals surface area contributed by atoms with Crippen LogP contribution in [0.15, 0.2) is 48.7 Å². The van der Waals surface area contributed by atoms with Gasteiger partial charge in [0.25, 0.3) is 0 Å². The van der Waals surface area contributed by atoms with E-state index in [9.17, 15) is 13.2 Å². The van der Waals surface area contributed by atoms with Crippen LogP contribution in [0.4, 0.5) is 18.9 Å². The second-order valence-electron chi connectivity index (χ2n) is 7.10. The maximum absolute atomic E-state index is 13.2. The van der Waals surface area contributed by atoms with Crippen molar-refractivity contribution >= 4 is 16.6 Å². The molecular weight excluding hydrogens is 351 g/mol. The lowest BCUT2D eigenvalue weighted by atomic mass is 9.99. The van der Waals surface area contributed by atoms with Crippen LogP contribution >= 0.6 is 0 Å². The van der Waals surface area contributed by atoms with Gasteiger partial charge in [-0.2, -0.15) is 13.2 Å². The van der Waals surface area contributed by atoms with Crippen LogP contribution in [0.2, 0.25) is 0 Å². The third-order valence-corrected chi connectivity index (χ3v) is 5.34. The molecule has 27 heavy (non-hydrogen) atoms. The largest absolute Gasteiger partial charge is 0.418 e. The van der Waals surface area contributed by atoms with Gasteiger partial charge in [-0.1, -0.05) is 18.2 Å². The molecule has 0 aliphatic carbocycles. The summed E-state index contributed by atoms with van der Waals surface area (Å²) >= 11 is 0. The number of hydrogen-bond donors (Lipinski definition) is 1. The monoisotopic (exact) mass is 373 g/mol. The third-order valence-electron chi connectivity index (χ3n) is 5.34. The van der Waals surface area contributed by atoms with E-state index in [1.807, 2.05) is 30.5 Å². The first kappa shape index (κ1) is 17.9. The molecule has 1 saturated heterocycles. The summed E-state index contributed by atoms with van der Waals surface area (Å²) < 4.78 is 41.8. The molecule has 6 heteroatoms. The molecule has 0 spiro atoms. The van der Waals surface area contributed by atoms with E-state index in [2.05, 4.69) is 9.47 Å². The fraction of sp³-hybridized carbons (Fsp3) is 0.333. The molecule has 0 atom stereocenters. The lowest BCUT2D eigenvalue weighted by Gasteiger charge is -2.16. The molecule has 0 amide bonds. The minimum absolute atomic E-state index is 0.249. The zero-order chi connectivity index (χ0) is 19.0. The van der Waals surface area contributed by atoms with Gasteiger partial charge in [-0.3, -0.25) is 0 Å². The molecule has 1 aliphatic heterocycles. The maximum atomic E-state index is 13.2. The number of fused-ring (bicyclic) bond motifs is 1. The summed E-state index contributed by atoms with van der Waals surface area (Å²) in [5, 5.41) is 0.955. The van der Waals surface area contributed by atoms with E-state index in [-0.39, 0.29) is 5.69 Å². The molecule has 1 aromatic heterocycles. The van der Waals surface area contributed by atoms with Crippen molar-refractivity contribution in [2.75, 3.05) is 25.4 Å². The SMILES string of the molecule is Nc1ccc(-c2cccc3c2ccn3CCN2CCCC2)cc1C(F)(F)F. The molecule has 142 valence electrons. The first-order valence-electron chi connectivity index (χ1n) is 9.21. The molecular formula is C21H22F3N3. The molecule has 0 saturated carbocycles. The molecule has 2 aromatic carbocycles. The van der Waals surface area contributed by atoms with Crippen LogP contribution in [0.1, 0.15) is 18.4 Å². The van der Waals surface area contributed by atoms with Gasteiger partial charge in [-0.25, -0.2) is 0 Å². The number of rotatable bonds is 4. The number of nitrogen functional groups attached to an aromatic ring is 1. The fourth-order valence-electron chi connectivity index (χ4n) is 3.89. The second kappa shape index (κ2) is 6.93. The van der Waals surface area contributed by atoms with Crippen LogP contribution < -0.4 is 5.73 Å². The van der Waals surface area contributed by atoms with Crippen LogP contribution in [0.5, 0.6) is 0 Å². The number of benzene rings is 2. The van der Waals surface area contributed by atoms with Gasteiger partial charge in [-0.15, -0.1) is 0 Å². The Morgan fingerprint density at radius 2 is 1.74 bits per heavy atom. The van der Waals surface area contributed by atoms with Crippen molar-refractivity contribution in [3.63, 3.8) is 0 Å². The van der Waals surface area contributed by atoms with Crippen molar-refractivity contribution in [2.24, 2.45) is 0 Å². The van der Waals surface area contributed by atoms with Gasteiger partial charge in [0.1, 0.15) is 0 Å². The standard InChI is InChI=1S/C21H22F3N3/c22-21(23,24)18-14-15(6-7-19(18)25)16-4-3-5-20-17(16)8-11-27(20)13-12-26-9-1-2-10-26/h3-8,11,14H,1-2,9-10,12-13,25H2. The zero-order valence-corrected chi connectivity index (χ0v) is 15.0. The number of hydrogen-bond acceptors (Lipinski definition) is 2. The van der Waals surface area contributed by atoms with Crippen LogP contribution in [0, 0.1) is 0 Å². The van der Waals surface area contributed by atoms with E-state index in [0.29, 0.717) is 5.56 Å². The Labute approximate surface area is 156 Å². The first-order chi connectivity index (χ1) is 12.9. The van der Waals surface area contributed by atoms with E-state index in [1.165, 1.54) is 18.9 Å². The Kier molecular flexibility index (Phi) is 4.60. The summed E-state index contributed by atoms with van der Waals surface area (Å²) in [6.07, 6.45) is 0.0758. The highest BCUT2D eigenvalue weighted by Gasteiger charge is 2.33.